The highest BCUT2D eigenvalue weighted by Crippen LogP contribution is 2.34. The molecule has 2 aromatic rings. The van der Waals surface area contributed by atoms with Gasteiger partial charge in [-0.1, -0.05) is 29.5 Å². The fraction of sp³-hybridized carbons (Fsp3) is 0.125. The molecule has 0 radical (unpaired) electrons. The molecule has 2 N–H and O–H groups in total. The Balaban J connectivity index is 2.34. The molecule has 0 saturated carbocycles. The van der Waals surface area contributed by atoms with Gasteiger partial charge < -0.3 is 10.4 Å². The zero-order valence-electron chi connectivity index (χ0n) is 11.7. The Hall–Kier alpha value is -2.27. The number of aromatic carboxylic acids is 1. The monoisotopic (exact) mass is 301 g/mol. The van der Waals surface area contributed by atoms with E-state index in [9.17, 15) is 9.59 Å². The van der Waals surface area contributed by atoms with E-state index in [4.69, 9.17) is 5.11 Å². The third-order valence-electron chi connectivity index (χ3n) is 2.79. The Morgan fingerprint density at radius 2 is 1.76 bits per heavy atom. The molecular formula is C16H15NO3S. The fourth-order valence-electron chi connectivity index (χ4n) is 1.77. The number of hydrogen-bond donors (Lipinski definition) is 2. The van der Waals surface area contributed by atoms with E-state index in [0.717, 1.165) is 9.79 Å². The predicted octanol–water partition coefficient (Wildman–Crippen LogP) is 3.80. The molecule has 0 spiro atoms. The first kappa shape index (κ1) is 15.1. The van der Waals surface area contributed by atoms with E-state index in [-0.39, 0.29) is 11.5 Å². The Morgan fingerprint density at radius 1 is 1.10 bits per heavy atom. The van der Waals surface area contributed by atoms with Crippen molar-refractivity contribution in [2.75, 3.05) is 5.32 Å². The Morgan fingerprint density at radius 3 is 2.33 bits per heavy atom. The number of nitrogens with one attached hydrogen (secondary N) is 1. The largest absolute Gasteiger partial charge is 0.478 e. The van der Waals surface area contributed by atoms with Gasteiger partial charge in [-0.25, -0.2) is 4.79 Å². The van der Waals surface area contributed by atoms with E-state index >= 15 is 0 Å². The summed E-state index contributed by atoms with van der Waals surface area (Å²) in [5.41, 5.74) is 1.82. The van der Waals surface area contributed by atoms with Crippen LogP contribution in [0.2, 0.25) is 0 Å². The van der Waals surface area contributed by atoms with Crippen molar-refractivity contribution in [3.63, 3.8) is 0 Å². The van der Waals surface area contributed by atoms with E-state index < -0.39 is 5.97 Å². The van der Waals surface area contributed by atoms with Crippen molar-refractivity contribution in [1.29, 1.82) is 0 Å². The molecule has 2 rings (SSSR count). The number of carboxylic acids is 1. The minimum Gasteiger partial charge on any atom is -0.478 e. The summed E-state index contributed by atoms with van der Waals surface area (Å²) in [4.78, 5) is 24.1. The molecule has 2 aromatic carbocycles. The van der Waals surface area contributed by atoms with Crippen LogP contribution in [0.15, 0.2) is 52.3 Å². The first-order valence-electron chi connectivity index (χ1n) is 6.35. The predicted molar refractivity (Wildman–Crippen MR) is 83.0 cm³/mol. The maximum absolute atomic E-state index is 11.3. The summed E-state index contributed by atoms with van der Waals surface area (Å²) in [6.45, 7) is 3.41. The molecule has 0 aliphatic carbocycles. The average molecular weight is 301 g/mol. The van der Waals surface area contributed by atoms with E-state index in [1.807, 2.05) is 31.2 Å². The molecule has 21 heavy (non-hydrogen) atoms. The van der Waals surface area contributed by atoms with Crippen molar-refractivity contribution < 1.29 is 14.7 Å². The highest BCUT2D eigenvalue weighted by Gasteiger charge is 2.10. The van der Waals surface area contributed by atoms with Gasteiger partial charge in [0, 0.05) is 16.7 Å². The highest BCUT2D eigenvalue weighted by molar-refractivity contribution is 7.99. The molecule has 0 bridgehead atoms. The van der Waals surface area contributed by atoms with Crippen molar-refractivity contribution in [2.24, 2.45) is 0 Å². The molecule has 5 heteroatoms. The van der Waals surface area contributed by atoms with Crippen molar-refractivity contribution >= 4 is 29.3 Å². The smallest absolute Gasteiger partial charge is 0.335 e. The van der Waals surface area contributed by atoms with Gasteiger partial charge in [0.15, 0.2) is 0 Å². The summed E-state index contributed by atoms with van der Waals surface area (Å²) >= 11 is 1.48. The lowest BCUT2D eigenvalue weighted by Crippen LogP contribution is -2.08. The number of anilines is 1. The summed E-state index contributed by atoms with van der Waals surface area (Å²) in [5, 5.41) is 11.7. The molecule has 0 aromatic heterocycles. The summed E-state index contributed by atoms with van der Waals surface area (Å²) in [7, 11) is 0. The maximum atomic E-state index is 11.3. The summed E-state index contributed by atoms with van der Waals surface area (Å²) < 4.78 is 0. The second-order valence-corrected chi connectivity index (χ2v) is 5.73. The van der Waals surface area contributed by atoms with Gasteiger partial charge in [-0.05, 0) is 37.3 Å². The Labute approximate surface area is 127 Å². The van der Waals surface area contributed by atoms with Crippen molar-refractivity contribution in [1.82, 2.24) is 0 Å². The highest BCUT2D eigenvalue weighted by atomic mass is 32.2. The quantitative estimate of drug-likeness (QED) is 0.901. The van der Waals surface area contributed by atoms with Crippen LogP contribution in [0.5, 0.6) is 0 Å². The first-order valence-corrected chi connectivity index (χ1v) is 7.17. The van der Waals surface area contributed by atoms with Crippen LogP contribution < -0.4 is 5.32 Å². The van der Waals surface area contributed by atoms with Gasteiger partial charge in [0.25, 0.3) is 0 Å². The van der Waals surface area contributed by atoms with Crippen molar-refractivity contribution in [3.8, 4) is 0 Å². The zero-order valence-corrected chi connectivity index (χ0v) is 12.5. The molecular weight excluding hydrogens is 286 g/mol. The molecule has 0 atom stereocenters. The van der Waals surface area contributed by atoms with Gasteiger partial charge in [0.1, 0.15) is 0 Å². The molecule has 0 saturated heterocycles. The maximum Gasteiger partial charge on any atom is 0.335 e. The van der Waals surface area contributed by atoms with Crippen LogP contribution >= 0.6 is 11.8 Å². The van der Waals surface area contributed by atoms with Gasteiger partial charge in [0.2, 0.25) is 5.91 Å². The lowest BCUT2D eigenvalue weighted by Gasteiger charge is -2.11. The number of hydrogen-bond acceptors (Lipinski definition) is 3. The minimum absolute atomic E-state index is 0.145. The topological polar surface area (TPSA) is 66.4 Å². The normalized spacial score (nSPS) is 10.2. The Bertz CT molecular complexity index is 680. The van der Waals surface area contributed by atoms with Crippen LogP contribution in [0.25, 0.3) is 0 Å². The molecule has 0 unspecified atom stereocenters. The van der Waals surface area contributed by atoms with Gasteiger partial charge in [-0.3, -0.25) is 4.79 Å². The zero-order chi connectivity index (χ0) is 15.4. The standard InChI is InChI=1S/C16H15NO3S/c1-10-3-6-13(7-4-10)21-15-8-5-12(16(19)20)9-14(15)17-11(2)18/h3-9H,1-2H3,(H,17,18)(H,19,20). The number of aryl methyl sites for hydroxylation is 1. The third kappa shape index (κ3) is 4.10. The SMILES string of the molecule is CC(=O)Nc1cc(C(=O)O)ccc1Sc1ccc(C)cc1. The van der Waals surface area contributed by atoms with E-state index in [1.54, 1.807) is 6.07 Å². The molecule has 4 nitrogen and oxygen atoms in total. The van der Waals surface area contributed by atoms with Gasteiger partial charge >= 0.3 is 5.97 Å². The molecule has 1 amide bonds. The summed E-state index contributed by atoms with van der Waals surface area (Å²) in [5.74, 6) is -1.25. The number of benzene rings is 2. The molecule has 0 fully saturated rings. The van der Waals surface area contributed by atoms with Crippen LogP contribution in [-0.2, 0) is 4.79 Å². The summed E-state index contributed by atoms with van der Waals surface area (Å²) in [6.07, 6.45) is 0. The minimum atomic E-state index is -1.02. The summed E-state index contributed by atoms with van der Waals surface area (Å²) in [6, 6.07) is 12.7. The average Bonchev–Trinajstić information content (AvgIpc) is 2.42. The van der Waals surface area contributed by atoms with Gasteiger partial charge in [0.05, 0.1) is 11.3 Å². The van der Waals surface area contributed by atoms with Gasteiger partial charge in [-0.15, -0.1) is 0 Å². The Kier molecular flexibility index (Phi) is 4.65. The van der Waals surface area contributed by atoms with E-state index in [1.165, 1.54) is 36.4 Å². The van der Waals surface area contributed by atoms with Crippen LogP contribution in [-0.4, -0.2) is 17.0 Å². The molecule has 0 aliphatic rings. The van der Waals surface area contributed by atoms with Crippen molar-refractivity contribution in [2.45, 2.75) is 23.6 Å². The number of amides is 1. The fourth-order valence-corrected chi connectivity index (χ4v) is 2.65. The second kappa shape index (κ2) is 6.45. The first-order chi connectivity index (χ1) is 9.95. The second-order valence-electron chi connectivity index (χ2n) is 4.61. The van der Waals surface area contributed by atoms with Crippen LogP contribution in [0.1, 0.15) is 22.8 Å². The number of carbonyl (C=O) groups is 2. The van der Waals surface area contributed by atoms with E-state index in [2.05, 4.69) is 5.32 Å². The number of rotatable bonds is 4. The van der Waals surface area contributed by atoms with Crippen LogP contribution in [0.3, 0.4) is 0 Å². The van der Waals surface area contributed by atoms with Crippen LogP contribution in [0.4, 0.5) is 5.69 Å². The lowest BCUT2D eigenvalue weighted by molar-refractivity contribution is -0.114. The molecule has 0 aliphatic heterocycles. The third-order valence-corrected chi connectivity index (χ3v) is 3.87. The lowest BCUT2D eigenvalue weighted by atomic mass is 10.2. The van der Waals surface area contributed by atoms with Crippen LogP contribution in [0, 0.1) is 6.92 Å². The molecule has 0 heterocycles. The molecule has 108 valence electrons. The van der Waals surface area contributed by atoms with Crippen molar-refractivity contribution in [3.05, 3.63) is 53.6 Å². The van der Waals surface area contributed by atoms with E-state index in [0.29, 0.717) is 5.69 Å². The number of carboxylic acid groups (broad SMARTS) is 1. The van der Waals surface area contributed by atoms with Gasteiger partial charge in [-0.2, -0.15) is 0 Å². The number of carbonyl (C=O) groups excluding carboxylic acids is 1.